The summed E-state index contributed by atoms with van der Waals surface area (Å²) < 4.78 is 12.8. The summed E-state index contributed by atoms with van der Waals surface area (Å²) in [5.41, 5.74) is 1.63. The van der Waals surface area contributed by atoms with Gasteiger partial charge >= 0.3 is 0 Å². The van der Waals surface area contributed by atoms with Crippen molar-refractivity contribution in [2.24, 2.45) is 0 Å². The molecule has 2 rings (SSSR count). The minimum absolute atomic E-state index is 0.162. The van der Waals surface area contributed by atoms with E-state index in [4.69, 9.17) is 16.7 Å². The fourth-order valence-electron chi connectivity index (χ4n) is 1.27. The van der Waals surface area contributed by atoms with E-state index < -0.39 is 5.82 Å². The standard InChI is InChI=1S/C11H8ClFN2O/c12-10-3-7(13)1-2-9(10)11-5-14-8(6-16)4-15-11/h1-5,16H,6H2. The van der Waals surface area contributed by atoms with Crippen LogP contribution in [-0.4, -0.2) is 15.1 Å². The monoisotopic (exact) mass is 238 g/mol. The molecule has 82 valence electrons. The molecule has 0 amide bonds. The Bertz CT molecular complexity index is 502. The third kappa shape index (κ3) is 2.18. The highest BCUT2D eigenvalue weighted by atomic mass is 35.5. The summed E-state index contributed by atoms with van der Waals surface area (Å²) >= 11 is 5.88. The van der Waals surface area contributed by atoms with Gasteiger partial charge in [-0.1, -0.05) is 11.6 Å². The maximum absolute atomic E-state index is 12.8. The van der Waals surface area contributed by atoms with Crippen molar-refractivity contribution in [2.75, 3.05) is 0 Å². The Kier molecular flexibility index (Phi) is 3.12. The van der Waals surface area contributed by atoms with Crippen molar-refractivity contribution in [1.29, 1.82) is 0 Å². The molecule has 3 nitrogen and oxygen atoms in total. The van der Waals surface area contributed by atoms with Gasteiger partial charge in [0.25, 0.3) is 0 Å². The molecule has 1 N–H and O–H groups in total. The summed E-state index contributed by atoms with van der Waals surface area (Å²) in [4.78, 5) is 8.05. The average Bonchev–Trinajstić information content (AvgIpc) is 2.29. The normalized spacial score (nSPS) is 10.4. The molecule has 0 saturated heterocycles. The summed E-state index contributed by atoms with van der Waals surface area (Å²) in [5, 5.41) is 9.10. The first-order valence-electron chi connectivity index (χ1n) is 4.58. The Hall–Kier alpha value is -1.52. The van der Waals surface area contributed by atoms with Gasteiger partial charge in [-0.3, -0.25) is 9.97 Å². The molecule has 0 bridgehead atoms. The zero-order valence-electron chi connectivity index (χ0n) is 8.19. The Balaban J connectivity index is 2.42. The molecule has 2 aromatic rings. The van der Waals surface area contributed by atoms with Gasteiger partial charge in [-0.05, 0) is 18.2 Å². The molecule has 0 atom stereocenters. The van der Waals surface area contributed by atoms with Crippen LogP contribution in [0.5, 0.6) is 0 Å². The lowest BCUT2D eigenvalue weighted by molar-refractivity contribution is 0.276. The number of hydrogen-bond donors (Lipinski definition) is 1. The first-order chi connectivity index (χ1) is 7.70. The summed E-state index contributed by atoms with van der Waals surface area (Å²) in [6.07, 6.45) is 2.94. The van der Waals surface area contributed by atoms with Crippen LogP contribution >= 0.6 is 11.6 Å². The van der Waals surface area contributed by atoms with Gasteiger partial charge in [0.15, 0.2) is 0 Å². The molecule has 1 aromatic heterocycles. The third-order valence-corrected chi connectivity index (χ3v) is 2.39. The van der Waals surface area contributed by atoms with Crippen LogP contribution in [0.4, 0.5) is 4.39 Å². The van der Waals surface area contributed by atoms with Crippen molar-refractivity contribution in [3.63, 3.8) is 0 Å². The van der Waals surface area contributed by atoms with E-state index in [1.54, 1.807) is 6.07 Å². The number of nitrogens with zero attached hydrogens (tertiary/aromatic N) is 2. The molecule has 1 heterocycles. The van der Waals surface area contributed by atoms with Gasteiger partial charge in [-0.15, -0.1) is 0 Å². The van der Waals surface area contributed by atoms with E-state index in [-0.39, 0.29) is 11.6 Å². The molecule has 0 unspecified atom stereocenters. The highest BCUT2D eigenvalue weighted by Crippen LogP contribution is 2.26. The number of aliphatic hydroxyl groups excluding tert-OH is 1. The number of benzene rings is 1. The SMILES string of the molecule is OCc1cnc(-c2ccc(F)cc2Cl)cn1. The second-order valence-corrected chi connectivity index (χ2v) is 3.58. The minimum atomic E-state index is -0.395. The number of aromatic nitrogens is 2. The van der Waals surface area contributed by atoms with Gasteiger partial charge < -0.3 is 5.11 Å². The van der Waals surface area contributed by atoms with Gasteiger partial charge in [0.2, 0.25) is 0 Å². The van der Waals surface area contributed by atoms with Crippen molar-refractivity contribution >= 4 is 11.6 Å². The van der Waals surface area contributed by atoms with Gasteiger partial charge in [0.1, 0.15) is 5.82 Å². The third-order valence-electron chi connectivity index (χ3n) is 2.07. The molecule has 0 saturated carbocycles. The molecule has 0 aliphatic heterocycles. The van der Waals surface area contributed by atoms with Gasteiger partial charge in [-0.25, -0.2) is 4.39 Å². The van der Waals surface area contributed by atoms with E-state index >= 15 is 0 Å². The van der Waals surface area contributed by atoms with Crippen molar-refractivity contribution in [3.8, 4) is 11.3 Å². The zero-order valence-corrected chi connectivity index (χ0v) is 8.95. The van der Waals surface area contributed by atoms with Crippen LogP contribution in [0.1, 0.15) is 5.69 Å². The first kappa shape index (κ1) is 11.0. The second kappa shape index (κ2) is 4.55. The van der Waals surface area contributed by atoms with Crippen LogP contribution in [0.3, 0.4) is 0 Å². The highest BCUT2D eigenvalue weighted by Gasteiger charge is 2.06. The van der Waals surface area contributed by atoms with Crippen LogP contribution < -0.4 is 0 Å². The molecule has 0 fully saturated rings. The Labute approximate surface area is 96.6 Å². The van der Waals surface area contributed by atoms with E-state index in [1.165, 1.54) is 24.5 Å². The van der Waals surface area contributed by atoms with Crippen molar-refractivity contribution in [3.05, 3.63) is 47.1 Å². The molecule has 16 heavy (non-hydrogen) atoms. The number of rotatable bonds is 2. The van der Waals surface area contributed by atoms with Crippen LogP contribution in [0, 0.1) is 5.82 Å². The largest absolute Gasteiger partial charge is 0.390 e. The quantitative estimate of drug-likeness (QED) is 0.874. The maximum atomic E-state index is 12.8. The fourth-order valence-corrected chi connectivity index (χ4v) is 1.54. The van der Waals surface area contributed by atoms with Crippen LogP contribution in [0.15, 0.2) is 30.6 Å². The van der Waals surface area contributed by atoms with Crippen molar-refractivity contribution < 1.29 is 9.50 Å². The summed E-state index contributed by atoms with van der Waals surface area (Å²) in [5.74, 6) is -0.395. The van der Waals surface area contributed by atoms with E-state index in [0.29, 0.717) is 17.0 Å². The summed E-state index contributed by atoms with van der Waals surface area (Å²) in [6.45, 7) is -0.162. The Morgan fingerprint density at radius 3 is 2.62 bits per heavy atom. The predicted octanol–water partition coefficient (Wildman–Crippen LogP) is 2.43. The fraction of sp³-hybridized carbons (Fsp3) is 0.0909. The Morgan fingerprint density at radius 2 is 2.06 bits per heavy atom. The molecule has 5 heteroatoms. The molecular formula is C11H8ClFN2O. The second-order valence-electron chi connectivity index (χ2n) is 3.18. The topological polar surface area (TPSA) is 46.0 Å². The van der Waals surface area contributed by atoms with Gasteiger partial charge in [-0.2, -0.15) is 0 Å². The smallest absolute Gasteiger partial charge is 0.124 e. The lowest BCUT2D eigenvalue weighted by atomic mass is 10.1. The molecule has 0 radical (unpaired) electrons. The minimum Gasteiger partial charge on any atom is -0.390 e. The van der Waals surface area contributed by atoms with E-state index in [2.05, 4.69) is 9.97 Å². The first-order valence-corrected chi connectivity index (χ1v) is 4.95. The van der Waals surface area contributed by atoms with E-state index in [0.717, 1.165) is 0 Å². The lowest BCUT2D eigenvalue weighted by Crippen LogP contribution is -1.93. The number of hydrogen-bond acceptors (Lipinski definition) is 3. The van der Waals surface area contributed by atoms with Crippen LogP contribution in [0.2, 0.25) is 5.02 Å². The zero-order chi connectivity index (χ0) is 11.5. The highest BCUT2D eigenvalue weighted by molar-refractivity contribution is 6.33. The maximum Gasteiger partial charge on any atom is 0.124 e. The molecule has 0 aliphatic rings. The summed E-state index contributed by atoms with van der Waals surface area (Å²) in [6, 6.07) is 4.07. The average molecular weight is 239 g/mol. The van der Waals surface area contributed by atoms with Crippen LogP contribution in [0.25, 0.3) is 11.3 Å². The van der Waals surface area contributed by atoms with Gasteiger partial charge in [0.05, 0.1) is 35.4 Å². The van der Waals surface area contributed by atoms with Crippen LogP contribution in [-0.2, 0) is 6.61 Å². The van der Waals surface area contributed by atoms with Gasteiger partial charge in [0, 0.05) is 5.56 Å². The molecular weight excluding hydrogens is 231 g/mol. The van der Waals surface area contributed by atoms with E-state index in [1.807, 2.05) is 0 Å². The van der Waals surface area contributed by atoms with E-state index in [9.17, 15) is 4.39 Å². The molecule has 0 spiro atoms. The molecule has 1 aromatic carbocycles. The summed E-state index contributed by atoms with van der Waals surface area (Å²) in [7, 11) is 0. The number of aliphatic hydroxyl groups is 1. The number of halogens is 2. The van der Waals surface area contributed by atoms with Crippen molar-refractivity contribution in [2.45, 2.75) is 6.61 Å². The Morgan fingerprint density at radius 1 is 1.25 bits per heavy atom. The molecule has 0 aliphatic carbocycles. The lowest BCUT2D eigenvalue weighted by Gasteiger charge is -2.03. The predicted molar refractivity (Wildman–Crippen MR) is 58.4 cm³/mol. The van der Waals surface area contributed by atoms with Crippen molar-refractivity contribution in [1.82, 2.24) is 9.97 Å².